The van der Waals surface area contributed by atoms with E-state index in [0.29, 0.717) is 5.69 Å². The minimum atomic E-state index is -1.06. The maximum atomic E-state index is 12.1. The quantitative estimate of drug-likeness (QED) is 0.847. The van der Waals surface area contributed by atoms with E-state index in [1.54, 1.807) is 36.0 Å². The summed E-state index contributed by atoms with van der Waals surface area (Å²) in [4.78, 5) is 23.0. The summed E-state index contributed by atoms with van der Waals surface area (Å²) in [6, 6.07) is 6.20. The lowest BCUT2D eigenvalue weighted by Gasteiger charge is -2.13. The molecule has 106 valence electrons. The number of rotatable bonds is 4. The van der Waals surface area contributed by atoms with Crippen molar-refractivity contribution in [2.75, 3.05) is 0 Å². The van der Waals surface area contributed by atoms with Crippen LogP contribution >= 0.6 is 0 Å². The first-order valence-corrected chi connectivity index (χ1v) is 6.23. The zero-order valence-electron chi connectivity index (χ0n) is 11.4. The summed E-state index contributed by atoms with van der Waals surface area (Å²) in [5.41, 5.74) is 7.61. The Morgan fingerprint density at radius 3 is 2.60 bits per heavy atom. The highest BCUT2D eigenvalue weighted by molar-refractivity contribution is 5.73. The number of hydrogen-bond donors (Lipinski definition) is 2. The van der Waals surface area contributed by atoms with Crippen LogP contribution in [0.4, 0.5) is 0 Å². The average Bonchev–Trinajstić information content (AvgIpc) is 2.64. The lowest BCUT2D eigenvalue weighted by atomic mass is 10.0. The molecule has 1 unspecified atom stereocenters. The van der Waals surface area contributed by atoms with Gasteiger partial charge in [0, 0.05) is 25.4 Å². The topological polar surface area (TPSA) is 90.3 Å². The molecule has 1 heterocycles. The molecular formula is C14H17N3O3. The number of aryl methyl sites for hydroxylation is 2. The van der Waals surface area contributed by atoms with Gasteiger partial charge in [-0.3, -0.25) is 9.36 Å². The van der Waals surface area contributed by atoms with Crippen LogP contribution in [-0.4, -0.2) is 26.3 Å². The van der Waals surface area contributed by atoms with Gasteiger partial charge in [0.15, 0.2) is 0 Å². The van der Waals surface area contributed by atoms with E-state index in [4.69, 9.17) is 10.8 Å². The van der Waals surface area contributed by atoms with Crippen molar-refractivity contribution in [3.05, 3.63) is 52.2 Å². The molecule has 2 aromatic rings. The van der Waals surface area contributed by atoms with Gasteiger partial charge in [0.25, 0.3) is 0 Å². The standard InChI is InChI=1S/C14H17N3O3/c1-9-8-16(2)14(20)17(9)12-6-4-3-5-10(12)7-11(15)13(18)19/h3-6,8,11H,7,15H2,1-2H3,(H,18,19). The Labute approximate surface area is 116 Å². The van der Waals surface area contributed by atoms with Gasteiger partial charge in [0.1, 0.15) is 6.04 Å². The molecule has 1 aromatic heterocycles. The van der Waals surface area contributed by atoms with E-state index in [-0.39, 0.29) is 12.1 Å². The number of hydrogen-bond acceptors (Lipinski definition) is 3. The third-order valence-corrected chi connectivity index (χ3v) is 3.22. The highest BCUT2D eigenvalue weighted by Gasteiger charge is 2.17. The SMILES string of the molecule is Cc1cn(C)c(=O)n1-c1ccccc1CC(N)C(=O)O. The van der Waals surface area contributed by atoms with E-state index in [9.17, 15) is 9.59 Å². The van der Waals surface area contributed by atoms with Crippen molar-refractivity contribution >= 4 is 5.97 Å². The Hall–Kier alpha value is -2.34. The third kappa shape index (κ3) is 2.50. The second-order valence-electron chi connectivity index (χ2n) is 4.78. The van der Waals surface area contributed by atoms with Gasteiger partial charge in [0.05, 0.1) is 5.69 Å². The largest absolute Gasteiger partial charge is 0.480 e. The zero-order chi connectivity index (χ0) is 14.9. The van der Waals surface area contributed by atoms with Gasteiger partial charge in [-0.1, -0.05) is 18.2 Å². The Kier molecular flexibility index (Phi) is 3.76. The number of para-hydroxylation sites is 1. The third-order valence-electron chi connectivity index (χ3n) is 3.22. The molecule has 0 aliphatic carbocycles. The molecule has 0 saturated heterocycles. The second-order valence-corrected chi connectivity index (χ2v) is 4.78. The van der Waals surface area contributed by atoms with Crippen LogP contribution in [0, 0.1) is 6.92 Å². The van der Waals surface area contributed by atoms with E-state index in [1.807, 2.05) is 13.0 Å². The lowest BCUT2D eigenvalue weighted by molar-refractivity contribution is -0.138. The number of imidazole rings is 1. The molecule has 1 atom stereocenters. The van der Waals surface area contributed by atoms with Crippen LogP contribution in [0.15, 0.2) is 35.3 Å². The van der Waals surface area contributed by atoms with E-state index < -0.39 is 12.0 Å². The summed E-state index contributed by atoms with van der Waals surface area (Å²) in [6.45, 7) is 1.83. The first-order valence-electron chi connectivity index (χ1n) is 6.23. The van der Waals surface area contributed by atoms with E-state index in [1.165, 1.54) is 4.57 Å². The van der Waals surface area contributed by atoms with Gasteiger partial charge in [-0.2, -0.15) is 0 Å². The molecule has 1 aromatic carbocycles. The molecule has 3 N–H and O–H groups in total. The highest BCUT2D eigenvalue weighted by atomic mass is 16.4. The van der Waals surface area contributed by atoms with Gasteiger partial charge >= 0.3 is 11.7 Å². The van der Waals surface area contributed by atoms with Crippen molar-refractivity contribution < 1.29 is 9.90 Å². The van der Waals surface area contributed by atoms with Gasteiger partial charge in [-0.05, 0) is 18.6 Å². The number of aromatic nitrogens is 2. The van der Waals surface area contributed by atoms with Crippen LogP contribution < -0.4 is 11.4 Å². The van der Waals surface area contributed by atoms with Crippen LogP contribution in [0.5, 0.6) is 0 Å². The summed E-state index contributed by atoms with van der Waals surface area (Å²) in [6.07, 6.45) is 1.91. The number of nitrogens with zero attached hydrogens (tertiary/aromatic N) is 2. The summed E-state index contributed by atoms with van der Waals surface area (Å²) in [7, 11) is 1.68. The van der Waals surface area contributed by atoms with Crippen LogP contribution in [0.1, 0.15) is 11.3 Å². The summed E-state index contributed by atoms with van der Waals surface area (Å²) in [5.74, 6) is -1.06. The Balaban J connectivity index is 2.53. The molecule has 0 saturated carbocycles. The van der Waals surface area contributed by atoms with E-state index in [2.05, 4.69) is 0 Å². The summed E-state index contributed by atoms with van der Waals surface area (Å²) >= 11 is 0. The summed E-state index contributed by atoms with van der Waals surface area (Å²) in [5, 5.41) is 8.92. The van der Waals surface area contributed by atoms with Gasteiger partial charge in [-0.25, -0.2) is 4.79 Å². The molecule has 0 spiro atoms. The number of aliphatic carboxylic acids is 1. The van der Waals surface area contributed by atoms with Gasteiger partial charge < -0.3 is 15.4 Å². The molecule has 20 heavy (non-hydrogen) atoms. The lowest BCUT2D eigenvalue weighted by Crippen LogP contribution is -2.33. The van der Waals surface area contributed by atoms with Crippen molar-refractivity contribution in [3.63, 3.8) is 0 Å². The van der Waals surface area contributed by atoms with Crippen molar-refractivity contribution in [3.8, 4) is 5.69 Å². The molecule has 6 heteroatoms. The molecular weight excluding hydrogens is 258 g/mol. The molecule has 0 fully saturated rings. The fourth-order valence-corrected chi connectivity index (χ4v) is 2.22. The Morgan fingerprint density at radius 1 is 1.40 bits per heavy atom. The van der Waals surface area contributed by atoms with Crippen LogP contribution in [-0.2, 0) is 18.3 Å². The zero-order valence-corrected chi connectivity index (χ0v) is 11.4. The van der Waals surface area contributed by atoms with Crippen molar-refractivity contribution in [2.24, 2.45) is 12.8 Å². The molecule has 6 nitrogen and oxygen atoms in total. The molecule has 0 bridgehead atoms. The second kappa shape index (κ2) is 5.34. The average molecular weight is 275 g/mol. The number of carbonyl (C=O) groups is 1. The smallest absolute Gasteiger partial charge is 0.332 e. The van der Waals surface area contributed by atoms with Crippen LogP contribution in [0.2, 0.25) is 0 Å². The first-order chi connectivity index (χ1) is 9.41. The van der Waals surface area contributed by atoms with Crippen LogP contribution in [0.25, 0.3) is 5.69 Å². The molecule has 0 radical (unpaired) electrons. The van der Waals surface area contributed by atoms with Gasteiger partial charge in [-0.15, -0.1) is 0 Å². The van der Waals surface area contributed by atoms with Crippen molar-refractivity contribution in [1.29, 1.82) is 0 Å². The fraction of sp³-hybridized carbons (Fsp3) is 0.286. The molecule has 0 amide bonds. The predicted molar refractivity (Wildman–Crippen MR) is 75.1 cm³/mol. The fourth-order valence-electron chi connectivity index (χ4n) is 2.22. The predicted octanol–water partition coefficient (Wildman–Crippen LogP) is 0.439. The number of carboxylic acids is 1. The maximum absolute atomic E-state index is 12.1. The monoisotopic (exact) mass is 275 g/mol. The minimum Gasteiger partial charge on any atom is -0.480 e. The Bertz CT molecular complexity index is 700. The van der Waals surface area contributed by atoms with E-state index >= 15 is 0 Å². The normalized spacial score (nSPS) is 12.3. The van der Waals surface area contributed by atoms with E-state index in [0.717, 1.165) is 11.3 Å². The molecule has 0 aliphatic rings. The molecule has 2 rings (SSSR count). The van der Waals surface area contributed by atoms with Crippen molar-refractivity contribution in [2.45, 2.75) is 19.4 Å². The van der Waals surface area contributed by atoms with Gasteiger partial charge in [0.2, 0.25) is 0 Å². The number of benzene rings is 1. The number of carboxylic acid groups (broad SMARTS) is 1. The first kappa shape index (κ1) is 14.1. The molecule has 0 aliphatic heterocycles. The highest BCUT2D eigenvalue weighted by Crippen LogP contribution is 2.16. The summed E-state index contributed by atoms with van der Waals surface area (Å²) < 4.78 is 3.05. The van der Waals surface area contributed by atoms with Crippen molar-refractivity contribution in [1.82, 2.24) is 9.13 Å². The Morgan fingerprint density at radius 2 is 2.05 bits per heavy atom. The van der Waals surface area contributed by atoms with Crippen LogP contribution in [0.3, 0.4) is 0 Å². The maximum Gasteiger partial charge on any atom is 0.332 e. The number of nitrogens with two attached hydrogens (primary N) is 1. The minimum absolute atomic E-state index is 0.168.